The number of carboxylic acid groups (broad SMARTS) is 1. The molecule has 0 saturated heterocycles. The highest BCUT2D eigenvalue weighted by Crippen LogP contribution is 2.18. The summed E-state index contributed by atoms with van der Waals surface area (Å²) in [6.45, 7) is 6.22. The van der Waals surface area contributed by atoms with Crippen LogP contribution >= 0.6 is 0 Å². The van der Waals surface area contributed by atoms with Gasteiger partial charge in [0.15, 0.2) is 0 Å². The Hall–Kier alpha value is -1.84. The first-order valence-corrected chi connectivity index (χ1v) is 7.50. The van der Waals surface area contributed by atoms with Gasteiger partial charge in [-0.2, -0.15) is 0 Å². The molecule has 0 bridgehead atoms. The van der Waals surface area contributed by atoms with Crippen LogP contribution in [-0.2, 0) is 16.0 Å². The molecule has 0 aliphatic carbocycles. The fourth-order valence-corrected chi connectivity index (χ4v) is 2.39. The van der Waals surface area contributed by atoms with Crippen LogP contribution in [0, 0.1) is 11.8 Å². The zero-order valence-corrected chi connectivity index (χ0v) is 13.0. The summed E-state index contributed by atoms with van der Waals surface area (Å²) in [4.78, 5) is 23.4. The molecule has 21 heavy (non-hydrogen) atoms. The molecule has 0 heterocycles. The summed E-state index contributed by atoms with van der Waals surface area (Å²) in [5.74, 6) is -0.474. The molecule has 1 amide bonds. The van der Waals surface area contributed by atoms with Gasteiger partial charge >= 0.3 is 5.97 Å². The lowest BCUT2D eigenvalue weighted by Gasteiger charge is -2.20. The number of hydrogen-bond acceptors (Lipinski definition) is 2. The molecule has 2 unspecified atom stereocenters. The average molecular weight is 291 g/mol. The van der Waals surface area contributed by atoms with Crippen LogP contribution in [0.3, 0.4) is 0 Å². The number of carbonyl (C=O) groups excluding carboxylic acids is 1. The minimum atomic E-state index is -0.996. The molecular weight excluding hydrogens is 266 g/mol. The van der Waals surface area contributed by atoms with Crippen molar-refractivity contribution in [1.82, 2.24) is 5.32 Å². The molecule has 1 rings (SSSR count). The summed E-state index contributed by atoms with van der Waals surface area (Å²) in [6.07, 6.45) is 1.61. The van der Waals surface area contributed by atoms with Crippen LogP contribution in [0.15, 0.2) is 30.3 Å². The highest BCUT2D eigenvalue weighted by atomic mass is 16.4. The SMILES string of the molecule is CCC(CC(=O)NC(Cc1ccccc1)C(=O)O)C(C)C. The van der Waals surface area contributed by atoms with Gasteiger partial charge in [-0.25, -0.2) is 4.79 Å². The smallest absolute Gasteiger partial charge is 0.326 e. The Kier molecular flexibility index (Phi) is 6.92. The lowest BCUT2D eigenvalue weighted by molar-refractivity contribution is -0.142. The lowest BCUT2D eigenvalue weighted by atomic mass is 9.90. The number of hydrogen-bond donors (Lipinski definition) is 2. The first kappa shape index (κ1) is 17.2. The molecule has 0 aliphatic rings. The topological polar surface area (TPSA) is 66.4 Å². The molecule has 1 aromatic rings. The van der Waals surface area contributed by atoms with Crippen molar-refractivity contribution in [2.24, 2.45) is 11.8 Å². The molecule has 0 saturated carbocycles. The zero-order valence-electron chi connectivity index (χ0n) is 13.0. The monoisotopic (exact) mass is 291 g/mol. The van der Waals surface area contributed by atoms with E-state index < -0.39 is 12.0 Å². The number of carbonyl (C=O) groups is 2. The van der Waals surface area contributed by atoms with Crippen molar-refractivity contribution in [3.63, 3.8) is 0 Å². The van der Waals surface area contributed by atoms with Crippen molar-refractivity contribution in [2.75, 3.05) is 0 Å². The summed E-state index contributed by atoms with van der Waals surface area (Å²) < 4.78 is 0. The molecular formula is C17H25NO3. The molecule has 0 aliphatic heterocycles. The van der Waals surface area contributed by atoms with E-state index in [1.54, 1.807) is 0 Å². The minimum Gasteiger partial charge on any atom is -0.480 e. The molecule has 116 valence electrons. The van der Waals surface area contributed by atoms with Crippen molar-refractivity contribution in [2.45, 2.75) is 46.1 Å². The van der Waals surface area contributed by atoms with Crippen LogP contribution in [0.25, 0.3) is 0 Å². The highest BCUT2D eigenvalue weighted by Gasteiger charge is 2.22. The van der Waals surface area contributed by atoms with Gasteiger partial charge in [0.25, 0.3) is 0 Å². The van der Waals surface area contributed by atoms with Crippen molar-refractivity contribution >= 4 is 11.9 Å². The maximum atomic E-state index is 12.0. The lowest BCUT2D eigenvalue weighted by Crippen LogP contribution is -2.43. The van der Waals surface area contributed by atoms with E-state index in [0.29, 0.717) is 18.8 Å². The van der Waals surface area contributed by atoms with Gasteiger partial charge in [-0.05, 0) is 17.4 Å². The predicted octanol–water partition coefficient (Wildman–Crippen LogP) is 2.87. The van der Waals surface area contributed by atoms with Gasteiger partial charge in [0, 0.05) is 12.8 Å². The maximum Gasteiger partial charge on any atom is 0.326 e. The Balaban J connectivity index is 2.62. The Morgan fingerprint density at radius 1 is 1.19 bits per heavy atom. The predicted molar refractivity (Wildman–Crippen MR) is 82.9 cm³/mol. The van der Waals surface area contributed by atoms with E-state index in [1.165, 1.54) is 0 Å². The van der Waals surface area contributed by atoms with E-state index >= 15 is 0 Å². The largest absolute Gasteiger partial charge is 0.480 e. The second kappa shape index (κ2) is 8.45. The Labute approximate surface area is 126 Å². The number of benzene rings is 1. The number of aliphatic carboxylic acids is 1. The van der Waals surface area contributed by atoms with Gasteiger partial charge in [0.05, 0.1) is 0 Å². The second-order valence-corrected chi connectivity index (χ2v) is 5.76. The third kappa shape index (κ3) is 5.98. The van der Waals surface area contributed by atoms with E-state index in [2.05, 4.69) is 26.1 Å². The Morgan fingerprint density at radius 3 is 2.29 bits per heavy atom. The van der Waals surface area contributed by atoms with Crippen LogP contribution < -0.4 is 5.32 Å². The number of rotatable bonds is 8. The fourth-order valence-electron chi connectivity index (χ4n) is 2.39. The van der Waals surface area contributed by atoms with E-state index in [1.807, 2.05) is 30.3 Å². The molecule has 0 spiro atoms. The summed E-state index contributed by atoms with van der Waals surface area (Å²) in [5.41, 5.74) is 0.904. The molecule has 2 N–H and O–H groups in total. The quantitative estimate of drug-likeness (QED) is 0.774. The summed E-state index contributed by atoms with van der Waals surface area (Å²) >= 11 is 0. The minimum absolute atomic E-state index is 0.182. The first-order chi connectivity index (χ1) is 9.93. The van der Waals surface area contributed by atoms with Gasteiger partial charge in [0.1, 0.15) is 6.04 Å². The number of carboxylic acids is 1. The van der Waals surface area contributed by atoms with Crippen LogP contribution in [0.1, 0.15) is 39.2 Å². The van der Waals surface area contributed by atoms with Gasteiger partial charge in [-0.1, -0.05) is 57.5 Å². The molecule has 0 radical (unpaired) electrons. The second-order valence-electron chi connectivity index (χ2n) is 5.76. The first-order valence-electron chi connectivity index (χ1n) is 7.50. The van der Waals surface area contributed by atoms with Gasteiger partial charge < -0.3 is 10.4 Å². The summed E-state index contributed by atoms with van der Waals surface area (Å²) in [6, 6.07) is 8.47. The van der Waals surface area contributed by atoms with Crippen molar-refractivity contribution in [3.05, 3.63) is 35.9 Å². The normalized spacial score (nSPS) is 13.7. The van der Waals surface area contributed by atoms with E-state index in [0.717, 1.165) is 12.0 Å². The molecule has 2 atom stereocenters. The van der Waals surface area contributed by atoms with Crippen LogP contribution in [-0.4, -0.2) is 23.0 Å². The van der Waals surface area contributed by atoms with Gasteiger partial charge in [-0.15, -0.1) is 0 Å². The van der Waals surface area contributed by atoms with Crippen molar-refractivity contribution < 1.29 is 14.7 Å². The van der Waals surface area contributed by atoms with E-state index in [9.17, 15) is 14.7 Å². The zero-order chi connectivity index (χ0) is 15.8. The molecule has 0 fully saturated rings. The summed E-state index contributed by atoms with van der Waals surface area (Å²) in [5, 5.41) is 11.9. The number of amides is 1. The third-order valence-corrected chi connectivity index (χ3v) is 3.83. The van der Waals surface area contributed by atoms with Gasteiger partial charge in [0.2, 0.25) is 5.91 Å². The highest BCUT2D eigenvalue weighted by molar-refractivity contribution is 5.83. The van der Waals surface area contributed by atoms with Gasteiger partial charge in [-0.3, -0.25) is 4.79 Å². The van der Waals surface area contributed by atoms with Crippen LogP contribution in [0.4, 0.5) is 0 Å². The average Bonchev–Trinajstić information content (AvgIpc) is 2.44. The maximum absolute atomic E-state index is 12.0. The molecule has 0 aromatic heterocycles. The molecule has 4 nitrogen and oxygen atoms in total. The Morgan fingerprint density at radius 2 is 1.81 bits per heavy atom. The summed E-state index contributed by atoms with van der Waals surface area (Å²) in [7, 11) is 0. The fraction of sp³-hybridized carbons (Fsp3) is 0.529. The van der Waals surface area contributed by atoms with Crippen molar-refractivity contribution in [1.29, 1.82) is 0 Å². The van der Waals surface area contributed by atoms with E-state index in [4.69, 9.17) is 0 Å². The standard InChI is InChI=1S/C17H25NO3/c1-4-14(12(2)3)11-16(19)18-15(17(20)21)10-13-8-6-5-7-9-13/h5-9,12,14-15H,4,10-11H2,1-3H3,(H,18,19)(H,20,21). The molecule has 4 heteroatoms. The Bertz CT molecular complexity index is 456. The van der Waals surface area contributed by atoms with Crippen molar-refractivity contribution in [3.8, 4) is 0 Å². The molecule has 1 aromatic carbocycles. The number of nitrogens with one attached hydrogen (secondary N) is 1. The van der Waals surface area contributed by atoms with Crippen LogP contribution in [0.2, 0.25) is 0 Å². The van der Waals surface area contributed by atoms with E-state index in [-0.39, 0.29) is 11.8 Å². The van der Waals surface area contributed by atoms with Crippen LogP contribution in [0.5, 0.6) is 0 Å². The third-order valence-electron chi connectivity index (χ3n) is 3.83.